The van der Waals surface area contributed by atoms with Gasteiger partial charge in [0.25, 0.3) is 0 Å². The number of hydrogen-bond acceptors (Lipinski definition) is 4. The maximum absolute atomic E-state index is 13.2. The molecule has 4 nitrogen and oxygen atoms in total. The summed E-state index contributed by atoms with van der Waals surface area (Å²) in [6.07, 6.45) is 0. The summed E-state index contributed by atoms with van der Waals surface area (Å²) in [5.41, 5.74) is 2.09. The molecule has 0 bridgehead atoms. The number of nitrogens with zero attached hydrogens (tertiary/aromatic N) is 1. The van der Waals surface area contributed by atoms with Crippen LogP contribution in [0.5, 0.6) is 0 Å². The van der Waals surface area contributed by atoms with E-state index in [4.69, 9.17) is 9.73 Å². The summed E-state index contributed by atoms with van der Waals surface area (Å²) in [5, 5.41) is 0. The Labute approximate surface area is 190 Å². The Morgan fingerprint density at radius 1 is 0.719 bits per heavy atom. The van der Waals surface area contributed by atoms with Gasteiger partial charge in [0.05, 0.1) is 12.8 Å². The first-order valence-electron chi connectivity index (χ1n) is 10.6. The lowest BCUT2D eigenvalue weighted by Crippen LogP contribution is -2.51. The Hall–Kier alpha value is -3.53. The number of hydrogen-bond donors (Lipinski definition) is 0. The van der Waals surface area contributed by atoms with Crippen molar-refractivity contribution in [2.24, 2.45) is 4.99 Å². The SMILES string of the molecule is COC(=O)C(C)(N=C(c1ccccc1)c1ccccc1)C(C)(C)c1ccc(C(C)=O)cc1. The molecule has 164 valence electrons. The fourth-order valence-corrected chi connectivity index (χ4v) is 3.75. The van der Waals surface area contributed by atoms with Crippen molar-refractivity contribution in [3.05, 3.63) is 107 Å². The van der Waals surface area contributed by atoms with Crippen molar-refractivity contribution < 1.29 is 14.3 Å². The van der Waals surface area contributed by atoms with Crippen LogP contribution in [0.25, 0.3) is 0 Å². The van der Waals surface area contributed by atoms with Crippen molar-refractivity contribution in [3.63, 3.8) is 0 Å². The minimum atomic E-state index is -1.24. The summed E-state index contributed by atoms with van der Waals surface area (Å²) in [5.74, 6) is -0.430. The highest BCUT2D eigenvalue weighted by molar-refractivity contribution is 6.14. The molecule has 0 amide bonds. The molecule has 0 aliphatic rings. The van der Waals surface area contributed by atoms with E-state index in [1.807, 2.05) is 93.6 Å². The van der Waals surface area contributed by atoms with Crippen LogP contribution in [0.3, 0.4) is 0 Å². The minimum Gasteiger partial charge on any atom is -0.467 e. The maximum Gasteiger partial charge on any atom is 0.334 e. The predicted molar refractivity (Wildman–Crippen MR) is 128 cm³/mol. The monoisotopic (exact) mass is 427 g/mol. The molecule has 32 heavy (non-hydrogen) atoms. The quantitative estimate of drug-likeness (QED) is 0.279. The van der Waals surface area contributed by atoms with Gasteiger partial charge in [0.1, 0.15) is 0 Å². The summed E-state index contributed by atoms with van der Waals surface area (Å²) < 4.78 is 5.26. The molecule has 1 unspecified atom stereocenters. The summed E-state index contributed by atoms with van der Waals surface area (Å²) in [7, 11) is 1.38. The van der Waals surface area contributed by atoms with Crippen LogP contribution in [0.1, 0.15) is 54.7 Å². The number of aliphatic imine (C=N–C) groups is 1. The van der Waals surface area contributed by atoms with E-state index >= 15 is 0 Å². The van der Waals surface area contributed by atoms with Gasteiger partial charge in [-0.25, -0.2) is 4.79 Å². The van der Waals surface area contributed by atoms with Crippen LogP contribution in [-0.4, -0.2) is 30.1 Å². The Morgan fingerprint density at radius 3 is 1.59 bits per heavy atom. The number of esters is 1. The molecule has 4 heteroatoms. The molecule has 0 aliphatic heterocycles. The Bertz CT molecular complexity index is 1070. The number of methoxy groups -OCH3 is 1. The van der Waals surface area contributed by atoms with Gasteiger partial charge in [-0.1, -0.05) is 98.8 Å². The lowest BCUT2D eigenvalue weighted by molar-refractivity contribution is -0.148. The van der Waals surface area contributed by atoms with Crippen LogP contribution in [-0.2, 0) is 14.9 Å². The molecule has 0 saturated carbocycles. The van der Waals surface area contributed by atoms with Gasteiger partial charge in [-0.05, 0) is 19.4 Å². The fourth-order valence-electron chi connectivity index (χ4n) is 3.75. The maximum atomic E-state index is 13.2. The standard InChI is InChI=1S/C28H29NO3/c1-20(30)21-16-18-24(19-17-21)27(2,3)28(4,26(31)32-5)29-25(22-12-8-6-9-13-22)23-14-10-7-11-15-23/h6-19H,1-5H3. The van der Waals surface area contributed by atoms with Gasteiger partial charge >= 0.3 is 5.97 Å². The topological polar surface area (TPSA) is 55.7 Å². The van der Waals surface area contributed by atoms with Gasteiger partial charge in [0.2, 0.25) is 0 Å². The van der Waals surface area contributed by atoms with E-state index in [0.717, 1.165) is 16.7 Å². The Kier molecular flexibility index (Phi) is 6.73. The normalized spacial score (nSPS) is 13.0. The molecule has 0 fully saturated rings. The number of ether oxygens (including phenoxy) is 1. The molecule has 0 N–H and O–H groups in total. The van der Waals surface area contributed by atoms with E-state index in [1.54, 1.807) is 12.1 Å². The zero-order valence-corrected chi connectivity index (χ0v) is 19.3. The van der Waals surface area contributed by atoms with Gasteiger partial charge in [-0.3, -0.25) is 9.79 Å². The van der Waals surface area contributed by atoms with Crippen LogP contribution < -0.4 is 0 Å². The third-order valence-electron chi connectivity index (χ3n) is 6.24. The summed E-state index contributed by atoms with van der Waals surface area (Å²) in [6.45, 7) is 7.30. The summed E-state index contributed by atoms with van der Waals surface area (Å²) >= 11 is 0. The number of carbonyl (C=O) groups is 2. The number of benzene rings is 3. The largest absolute Gasteiger partial charge is 0.467 e. The van der Waals surface area contributed by atoms with E-state index in [-0.39, 0.29) is 5.78 Å². The third kappa shape index (κ3) is 4.40. The van der Waals surface area contributed by atoms with Crippen molar-refractivity contribution in [2.75, 3.05) is 7.11 Å². The highest BCUT2D eigenvalue weighted by Crippen LogP contribution is 2.40. The number of carbonyl (C=O) groups excluding carboxylic acids is 2. The van der Waals surface area contributed by atoms with Crippen LogP contribution >= 0.6 is 0 Å². The molecule has 3 aromatic carbocycles. The highest BCUT2D eigenvalue weighted by Gasteiger charge is 2.50. The molecule has 0 spiro atoms. The highest BCUT2D eigenvalue weighted by atomic mass is 16.5. The van der Waals surface area contributed by atoms with Crippen molar-refractivity contribution >= 4 is 17.5 Å². The first kappa shape index (κ1) is 23.1. The predicted octanol–water partition coefficient (Wildman–Crippen LogP) is 5.64. The third-order valence-corrected chi connectivity index (χ3v) is 6.24. The zero-order chi connectivity index (χ0) is 23.4. The van der Waals surface area contributed by atoms with E-state index in [0.29, 0.717) is 11.3 Å². The lowest BCUT2D eigenvalue weighted by Gasteiger charge is -2.40. The second-order valence-corrected chi connectivity index (χ2v) is 8.51. The number of rotatable bonds is 7. The molecule has 0 saturated heterocycles. The van der Waals surface area contributed by atoms with Crippen molar-refractivity contribution in [1.29, 1.82) is 0 Å². The van der Waals surface area contributed by atoms with Crippen LogP contribution in [0, 0.1) is 0 Å². The van der Waals surface area contributed by atoms with Gasteiger partial charge in [-0.2, -0.15) is 0 Å². The fraction of sp³-hybridized carbons (Fsp3) is 0.250. The molecule has 3 aromatic rings. The number of Topliss-reactive ketones (excluding diaryl/α,β-unsaturated/α-hetero) is 1. The molecule has 1 atom stereocenters. The minimum absolute atomic E-state index is 0.00134. The smallest absolute Gasteiger partial charge is 0.334 e. The first-order valence-corrected chi connectivity index (χ1v) is 10.6. The summed E-state index contributed by atoms with van der Waals surface area (Å²) in [4.78, 5) is 30.1. The molecule has 3 rings (SSSR count). The van der Waals surface area contributed by atoms with Gasteiger partial charge in [0.15, 0.2) is 11.3 Å². The van der Waals surface area contributed by atoms with E-state index < -0.39 is 16.9 Å². The van der Waals surface area contributed by atoms with E-state index in [2.05, 4.69) is 0 Å². The molecule has 0 heterocycles. The van der Waals surface area contributed by atoms with Crippen molar-refractivity contribution in [2.45, 2.75) is 38.6 Å². The van der Waals surface area contributed by atoms with Crippen molar-refractivity contribution in [1.82, 2.24) is 0 Å². The second kappa shape index (κ2) is 9.31. The Balaban J connectivity index is 2.23. The van der Waals surface area contributed by atoms with Crippen LogP contribution in [0.15, 0.2) is 89.9 Å². The molecule has 0 radical (unpaired) electrons. The van der Waals surface area contributed by atoms with Crippen LogP contribution in [0.2, 0.25) is 0 Å². The first-order chi connectivity index (χ1) is 15.2. The van der Waals surface area contributed by atoms with Crippen molar-refractivity contribution in [3.8, 4) is 0 Å². The van der Waals surface area contributed by atoms with Gasteiger partial charge in [-0.15, -0.1) is 0 Å². The Morgan fingerprint density at radius 2 is 1.19 bits per heavy atom. The van der Waals surface area contributed by atoms with Gasteiger partial charge < -0.3 is 4.74 Å². The number of ketones is 1. The zero-order valence-electron chi connectivity index (χ0n) is 19.3. The molecule has 0 aromatic heterocycles. The molecular weight excluding hydrogens is 398 g/mol. The van der Waals surface area contributed by atoms with E-state index in [1.165, 1.54) is 14.0 Å². The van der Waals surface area contributed by atoms with Gasteiger partial charge in [0, 0.05) is 22.1 Å². The molecule has 0 aliphatic carbocycles. The average molecular weight is 428 g/mol. The second-order valence-electron chi connectivity index (χ2n) is 8.51. The average Bonchev–Trinajstić information content (AvgIpc) is 2.82. The summed E-state index contributed by atoms with van der Waals surface area (Å²) in [6, 6.07) is 27.0. The lowest BCUT2D eigenvalue weighted by atomic mass is 9.68. The van der Waals surface area contributed by atoms with E-state index in [9.17, 15) is 9.59 Å². The van der Waals surface area contributed by atoms with Crippen LogP contribution in [0.4, 0.5) is 0 Å². The molecular formula is C28H29NO3.